The minimum Gasteiger partial charge on any atom is -0.480 e. The first-order chi connectivity index (χ1) is 7.71. The van der Waals surface area contributed by atoms with Crippen molar-refractivity contribution < 1.29 is 4.74 Å². The second kappa shape index (κ2) is 6.27. The van der Waals surface area contributed by atoms with E-state index in [1.807, 2.05) is 7.05 Å². The fourth-order valence-electron chi connectivity index (χ4n) is 1.55. The Hall–Kier alpha value is -1.36. The number of nitrogens with one attached hydrogen (secondary N) is 1. The van der Waals surface area contributed by atoms with Crippen LogP contribution in [0.5, 0.6) is 5.88 Å². The molecule has 0 bridgehead atoms. The van der Waals surface area contributed by atoms with Crippen LogP contribution in [0.2, 0.25) is 0 Å². The third-order valence-electron chi connectivity index (χ3n) is 2.49. The Morgan fingerprint density at radius 3 is 2.88 bits per heavy atom. The van der Waals surface area contributed by atoms with E-state index in [4.69, 9.17) is 4.74 Å². The molecule has 0 aliphatic carbocycles. The third-order valence-corrected chi connectivity index (χ3v) is 2.49. The van der Waals surface area contributed by atoms with Crippen LogP contribution in [0, 0.1) is 0 Å². The zero-order valence-electron chi connectivity index (χ0n) is 10.1. The highest BCUT2D eigenvalue weighted by molar-refractivity contribution is 5.06. The highest BCUT2D eigenvalue weighted by Gasteiger charge is 2.08. The van der Waals surface area contributed by atoms with Gasteiger partial charge in [-0.3, -0.25) is 4.79 Å². The molecule has 5 heteroatoms. The Bertz CT molecular complexity index is 376. The quantitative estimate of drug-likeness (QED) is 0.772. The van der Waals surface area contributed by atoms with Gasteiger partial charge in [-0.05, 0) is 13.5 Å². The van der Waals surface area contributed by atoms with Gasteiger partial charge in [0.25, 0.3) is 5.56 Å². The Labute approximate surface area is 95.4 Å². The van der Waals surface area contributed by atoms with Gasteiger partial charge in [0, 0.05) is 18.2 Å². The van der Waals surface area contributed by atoms with Crippen LogP contribution in [0.4, 0.5) is 0 Å². The largest absolute Gasteiger partial charge is 0.480 e. The van der Waals surface area contributed by atoms with Crippen molar-refractivity contribution in [2.45, 2.75) is 32.4 Å². The number of nitrogens with zero attached hydrogens (tertiary/aromatic N) is 2. The van der Waals surface area contributed by atoms with E-state index in [0.29, 0.717) is 12.4 Å². The summed E-state index contributed by atoms with van der Waals surface area (Å²) in [4.78, 5) is 11.6. The topological polar surface area (TPSA) is 56.2 Å². The average Bonchev–Trinajstić information content (AvgIpc) is 2.31. The number of ether oxygens (including phenoxy) is 1. The molecule has 90 valence electrons. The molecule has 1 unspecified atom stereocenters. The van der Waals surface area contributed by atoms with Gasteiger partial charge in [0.1, 0.15) is 0 Å². The van der Waals surface area contributed by atoms with Crippen LogP contribution in [0.25, 0.3) is 0 Å². The molecule has 1 heterocycles. The average molecular weight is 225 g/mol. The van der Waals surface area contributed by atoms with Crippen LogP contribution >= 0.6 is 0 Å². The van der Waals surface area contributed by atoms with E-state index in [1.54, 1.807) is 13.2 Å². The molecular formula is C11H19N3O2. The summed E-state index contributed by atoms with van der Waals surface area (Å²) < 4.78 is 6.43. The lowest BCUT2D eigenvalue weighted by atomic mass is 10.2. The SMILES string of the molecule is CCCC(Cn1nc(OC)ccc1=O)NC. The number of methoxy groups -OCH3 is 1. The molecule has 1 atom stereocenters. The highest BCUT2D eigenvalue weighted by atomic mass is 16.5. The van der Waals surface area contributed by atoms with Gasteiger partial charge in [0.05, 0.1) is 13.7 Å². The molecule has 1 aromatic rings. The summed E-state index contributed by atoms with van der Waals surface area (Å²) in [7, 11) is 3.43. The smallest absolute Gasteiger partial charge is 0.267 e. The number of aromatic nitrogens is 2. The lowest BCUT2D eigenvalue weighted by Gasteiger charge is -2.15. The lowest BCUT2D eigenvalue weighted by molar-refractivity contribution is 0.357. The molecule has 16 heavy (non-hydrogen) atoms. The van der Waals surface area contributed by atoms with Crippen LogP contribution in [-0.4, -0.2) is 30.0 Å². The van der Waals surface area contributed by atoms with Crippen LogP contribution in [0.3, 0.4) is 0 Å². The van der Waals surface area contributed by atoms with E-state index in [1.165, 1.54) is 10.7 Å². The van der Waals surface area contributed by atoms with E-state index in [0.717, 1.165) is 12.8 Å². The van der Waals surface area contributed by atoms with E-state index >= 15 is 0 Å². The monoisotopic (exact) mass is 225 g/mol. The van der Waals surface area contributed by atoms with Gasteiger partial charge in [-0.25, -0.2) is 4.68 Å². The third kappa shape index (κ3) is 3.34. The summed E-state index contributed by atoms with van der Waals surface area (Å²) in [6.07, 6.45) is 2.09. The minimum atomic E-state index is -0.0999. The first-order valence-electron chi connectivity index (χ1n) is 5.50. The maximum atomic E-state index is 11.6. The van der Waals surface area contributed by atoms with Gasteiger partial charge in [-0.2, -0.15) is 0 Å². The highest BCUT2D eigenvalue weighted by Crippen LogP contribution is 2.02. The predicted molar refractivity (Wildman–Crippen MR) is 62.8 cm³/mol. The molecule has 0 fully saturated rings. The van der Waals surface area contributed by atoms with E-state index < -0.39 is 0 Å². The molecule has 5 nitrogen and oxygen atoms in total. The van der Waals surface area contributed by atoms with Crippen LogP contribution < -0.4 is 15.6 Å². The van der Waals surface area contributed by atoms with E-state index in [9.17, 15) is 4.79 Å². The Morgan fingerprint density at radius 1 is 1.56 bits per heavy atom. The summed E-state index contributed by atoms with van der Waals surface area (Å²) in [6, 6.07) is 3.32. The van der Waals surface area contributed by atoms with Crippen LogP contribution in [0.1, 0.15) is 19.8 Å². The normalized spacial score (nSPS) is 12.4. The van der Waals surface area contributed by atoms with Crippen molar-refractivity contribution in [3.63, 3.8) is 0 Å². The van der Waals surface area contributed by atoms with Gasteiger partial charge >= 0.3 is 0 Å². The summed E-state index contributed by atoms with van der Waals surface area (Å²) in [5.41, 5.74) is -0.0999. The minimum absolute atomic E-state index is 0.0999. The molecule has 1 rings (SSSR count). The van der Waals surface area contributed by atoms with Gasteiger partial charge in [-0.15, -0.1) is 5.10 Å². The van der Waals surface area contributed by atoms with Crippen molar-refractivity contribution in [2.24, 2.45) is 0 Å². The fraction of sp³-hybridized carbons (Fsp3) is 0.636. The molecule has 0 radical (unpaired) electrons. The van der Waals surface area contributed by atoms with E-state index in [2.05, 4.69) is 17.3 Å². The summed E-state index contributed by atoms with van der Waals surface area (Å²) in [5, 5.41) is 7.28. The molecule has 0 aliphatic heterocycles. The van der Waals surface area contributed by atoms with Crippen molar-refractivity contribution in [3.05, 3.63) is 22.5 Å². The lowest BCUT2D eigenvalue weighted by Crippen LogP contribution is -2.35. The molecule has 0 saturated heterocycles. The molecule has 0 aromatic carbocycles. The number of rotatable bonds is 6. The number of hydrogen-bond donors (Lipinski definition) is 1. The summed E-state index contributed by atoms with van der Waals surface area (Å²) in [6.45, 7) is 2.69. The molecule has 0 aliphatic rings. The second-order valence-electron chi connectivity index (χ2n) is 3.67. The van der Waals surface area contributed by atoms with Crippen LogP contribution in [-0.2, 0) is 6.54 Å². The fourth-order valence-corrected chi connectivity index (χ4v) is 1.55. The Balaban J connectivity index is 2.81. The summed E-state index contributed by atoms with van der Waals surface area (Å²) in [5.74, 6) is 0.464. The maximum absolute atomic E-state index is 11.6. The van der Waals surface area contributed by atoms with Crippen molar-refractivity contribution in [1.29, 1.82) is 0 Å². The predicted octanol–water partition coefficient (Wildman–Crippen LogP) is 0.640. The van der Waals surface area contributed by atoms with Crippen LogP contribution in [0.15, 0.2) is 16.9 Å². The standard InChI is InChI=1S/C11H19N3O2/c1-4-5-9(12-2)8-14-11(15)7-6-10(13-14)16-3/h6-7,9,12H,4-5,8H2,1-3H3. The zero-order chi connectivity index (χ0) is 12.0. The van der Waals surface area contributed by atoms with Crippen molar-refractivity contribution in [3.8, 4) is 5.88 Å². The maximum Gasteiger partial charge on any atom is 0.267 e. The first-order valence-corrected chi connectivity index (χ1v) is 5.50. The molecule has 0 amide bonds. The van der Waals surface area contributed by atoms with E-state index in [-0.39, 0.29) is 11.6 Å². The van der Waals surface area contributed by atoms with Crippen molar-refractivity contribution >= 4 is 0 Å². The van der Waals surface area contributed by atoms with Gasteiger partial charge in [0.2, 0.25) is 5.88 Å². The molecule has 0 saturated carbocycles. The summed E-state index contributed by atoms with van der Waals surface area (Å²) >= 11 is 0. The second-order valence-corrected chi connectivity index (χ2v) is 3.67. The number of likely N-dealkylation sites (N-methyl/N-ethyl adjacent to an activating group) is 1. The first kappa shape index (κ1) is 12.7. The Morgan fingerprint density at radius 2 is 2.31 bits per heavy atom. The number of hydrogen-bond acceptors (Lipinski definition) is 4. The molecular weight excluding hydrogens is 206 g/mol. The zero-order valence-corrected chi connectivity index (χ0v) is 10.1. The molecule has 1 aromatic heterocycles. The molecule has 0 spiro atoms. The van der Waals surface area contributed by atoms with Gasteiger partial charge in [0.15, 0.2) is 0 Å². The van der Waals surface area contributed by atoms with Gasteiger partial charge < -0.3 is 10.1 Å². The Kier molecular flexibility index (Phi) is 4.98. The van der Waals surface area contributed by atoms with Gasteiger partial charge in [-0.1, -0.05) is 13.3 Å². The van der Waals surface area contributed by atoms with Crippen molar-refractivity contribution in [2.75, 3.05) is 14.2 Å². The molecule has 1 N–H and O–H groups in total. The van der Waals surface area contributed by atoms with Crippen molar-refractivity contribution in [1.82, 2.24) is 15.1 Å².